The van der Waals surface area contributed by atoms with Crippen molar-refractivity contribution in [3.05, 3.63) is 105 Å². The molecule has 0 amide bonds. The standard InChI is InChI=1S/3C24H31FN6O4S/c3*1-3-8-36-24-27-22(26-16-10-14(16)13-5-4-12(2)15(25)9-13)19-23(28-24)31(30-29-19)17-11-18(35-7-6-32)21(34)20(17)33/h3*4-5,9,14,16-18,20-21,32-34H,3,6-8,10-11H2,1-2H3,(H,26,27,28)/t3*14-,16+,17+,18-,20-,21+/m000/s1/i7D2,10D2,14D,16D;6D2,10D2,14D,16D;10D2,14D,16D. The fraction of sp³-hybridized carbons (Fsp3) is 0.583. The minimum atomic E-state index is -2.64. The number of aryl methyl sites for hydroxylation is 3. The number of rotatable bonds is 30. The fourth-order valence-electron chi connectivity index (χ4n) is 12.5. The smallest absolute Gasteiger partial charge is 0.191 e. The van der Waals surface area contributed by atoms with Crippen LogP contribution in [0.4, 0.5) is 30.6 Å². The van der Waals surface area contributed by atoms with Gasteiger partial charge in [-0.1, -0.05) is 108 Å². The molecule has 12 N–H and O–H groups in total. The van der Waals surface area contributed by atoms with Gasteiger partial charge in [0.05, 0.1) is 85.6 Å². The lowest BCUT2D eigenvalue weighted by Crippen LogP contribution is -2.33. The van der Waals surface area contributed by atoms with Crippen molar-refractivity contribution in [2.45, 2.75) is 223 Å². The van der Waals surface area contributed by atoms with Crippen molar-refractivity contribution in [1.82, 2.24) is 74.9 Å². The monoisotopic (exact) mass is 1570 g/mol. The minimum absolute atomic E-state index is 0.000596. The van der Waals surface area contributed by atoms with Gasteiger partial charge in [0.15, 0.2) is 66.4 Å². The molecule has 3 aromatic carbocycles. The molecule has 36 heteroatoms. The van der Waals surface area contributed by atoms with Gasteiger partial charge in [0.25, 0.3) is 0 Å². The van der Waals surface area contributed by atoms with Gasteiger partial charge in [-0.2, -0.15) is 0 Å². The number of benzene rings is 3. The summed E-state index contributed by atoms with van der Waals surface area (Å²) >= 11 is 3.86. The number of thioether (sulfide) groups is 3. The van der Waals surface area contributed by atoms with Gasteiger partial charge in [-0.3, -0.25) is 0 Å². The molecule has 0 unspecified atom stereocenters. The van der Waals surface area contributed by atoms with Gasteiger partial charge in [0.1, 0.15) is 54.1 Å². The van der Waals surface area contributed by atoms with Gasteiger partial charge < -0.3 is 76.1 Å². The summed E-state index contributed by atoms with van der Waals surface area (Å²) in [6, 6.07) is 2.22. The second kappa shape index (κ2) is 35.1. The zero-order valence-electron chi connectivity index (χ0n) is 75.1. The first-order valence-corrected chi connectivity index (χ1v) is 37.9. The highest BCUT2D eigenvalue weighted by molar-refractivity contribution is 7.99. The maximum absolute atomic E-state index is 14.4. The number of ether oxygens (including phenoxy) is 3. The van der Waals surface area contributed by atoms with Crippen LogP contribution in [0, 0.1) is 38.2 Å². The molecule has 30 nitrogen and oxygen atoms in total. The van der Waals surface area contributed by atoms with E-state index in [1.54, 1.807) is 13.8 Å². The Balaban J connectivity index is 0.000000160. The maximum atomic E-state index is 14.4. The molecule has 18 atom stereocenters. The van der Waals surface area contributed by atoms with E-state index < -0.39 is 172 Å². The first-order chi connectivity index (χ1) is 58.1. The van der Waals surface area contributed by atoms with Crippen LogP contribution in [-0.4, -0.2) is 251 Å². The van der Waals surface area contributed by atoms with Crippen LogP contribution >= 0.6 is 35.3 Å². The number of nitrogens with zero attached hydrogens (tertiary/aromatic N) is 15. The van der Waals surface area contributed by atoms with Crippen LogP contribution in [0.5, 0.6) is 0 Å². The number of aliphatic hydroxyl groups is 9. The van der Waals surface area contributed by atoms with E-state index in [1.165, 1.54) is 92.7 Å². The fourth-order valence-corrected chi connectivity index (χ4v) is 14.6. The average Bonchev–Trinajstić information content (AvgIpc) is 1.49. The van der Waals surface area contributed by atoms with Gasteiger partial charge in [0, 0.05) is 84.6 Å². The summed E-state index contributed by atoms with van der Waals surface area (Å²) in [6.07, 6.45) is -16.3. The lowest BCUT2D eigenvalue weighted by molar-refractivity contribution is -0.0629. The predicted octanol–water partition coefficient (Wildman–Crippen LogP) is 6.55. The SMILES string of the molecule is [2H]C([2H])(CO)O[C@H]1C[C@@H](n2nnc3c(N[C@]4([2H])C([2H])([2H])[C@@]4([2H])c4ccc(C)c(F)c4)nc(SCCC)nc32)[C@H](O)[C@@H]1O.[2H]C([2H])(O)CO[C@H]1C[C@@H](n2nnc3c(N[C@]4([2H])C([2H])([2H])[C@@]4([2H])c4ccc(C)c(F)c4)nc(SCCC)nc32)[C@H](O)[C@@H]1O.[2H]C1([2H])[C@@]([2H])(Nc2nc(SCCC)nc3c2nnn3[C@@H]2C[C@H](OCCO)[C@@H](O)[C@H]2O)[C@]1([2H])c1ccc(C)c(F)c1. The number of halogens is 3. The Morgan fingerprint density at radius 1 is 0.472 bits per heavy atom. The number of aliphatic hydroxyl groups excluding tert-OH is 8. The average molecular weight is 1570 g/mol. The summed E-state index contributed by atoms with van der Waals surface area (Å²) in [5.41, 5.74) is 1.39. The van der Waals surface area contributed by atoms with Crippen LogP contribution < -0.4 is 16.0 Å². The molecule has 0 radical (unpaired) electrons. The molecule has 6 saturated carbocycles. The van der Waals surface area contributed by atoms with E-state index in [9.17, 15) is 54.0 Å². The molecule has 15 rings (SSSR count). The summed E-state index contributed by atoms with van der Waals surface area (Å²) in [5.74, 6) is -6.74. The molecule has 6 aliphatic rings. The van der Waals surface area contributed by atoms with E-state index in [2.05, 4.69) is 76.8 Å². The van der Waals surface area contributed by atoms with Crippen molar-refractivity contribution in [2.75, 3.05) is 72.8 Å². The van der Waals surface area contributed by atoms with E-state index in [1.807, 2.05) is 20.8 Å². The van der Waals surface area contributed by atoms with Crippen molar-refractivity contribution in [2.24, 2.45) is 0 Å². The lowest BCUT2D eigenvalue weighted by atomic mass is 10.1. The third-order valence-corrected chi connectivity index (χ3v) is 21.6. The van der Waals surface area contributed by atoms with E-state index >= 15 is 0 Å². The molecule has 6 aliphatic carbocycles. The Kier molecular flexibility index (Phi) is 19.7. The van der Waals surface area contributed by atoms with Crippen LogP contribution in [0.25, 0.3) is 33.5 Å². The molecule has 0 bridgehead atoms. The zero-order valence-corrected chi connectivity index (χ0v) is 61.6. The highest BCUT2D eigenvalue weighted by atomic mass is 32.2. The molecular formula is C72H93F3N18O12S3. The molecule has 6 heterocycles. The van der Waals surface area contributed by atoms with Gasteiger partial charge in [-0.05, 0) is 111 Å². The summed E-state index contributed by atoms with van der Waals surface area (Å²) < 4.78 is 198. The van der Waals surface area contributed by atoms with Crippen molar-refractivity contribution in [3.63, 3.8) is 0 Å². The second-order valence-electron chi connectivity index (χ2n) is 26.1. The van der Waals surface area contributed by atoms with Crippen LogP contribution in [0.3, 0.4) is 0 Å². The molecule has 0 saturated heterocycles. The maximum Gasteiger partial charge on any atom is 0.191 e. The summed E-state index contributed by atoms with van der Waals surface area (Å²) in [6.45, 7) is 3.48. The molecule has 582 valence electrons. The van der Waals surface area contributed by atoms with Gasteiger partial charge >= 0.3 is 0 Å². The van der Waals surface area contributed by atoms with Crippen molar-refractivity contribution < 1.29 is 95.3 Å². The number of aromatic nitrogens is 15. The highest BCUT2D eigenvalue weighted by Crippen LogP contribution is 2.48. The van der Waals surface area contributed by atoms with E-state index in [-0.39, 0.29) is 116 Å². The second-order valence-corrected chi connectivity index (χ2v) is 29.3. The zero-order chi connectivity index (χ0) is 90.7. The first-order valence-electron chi connectivity index (χ1n) is 42.9. The number of anilines is 3. The van der Waals surface area contributed by atoms with Crippen LogP contribution in [-0.2, 0) is 14.2 Å². The number of fused-ring (bicyclic) bond motifs is 3. The molecule has 108 heavy (non-hydrogen) atoms. The lowest BCUT2D eigenvalue weighted by Gasteiger charge is -2.17. The van der Waals surface area contributed by atoms with Crippen molar-refractivity contribution >= 4 is 86.2 Å². The Bertz CT molecular complexity index is 5450. The van der Waals surface area contributed by atoms with E-state index in [0.29, 0.717) is 33.9 Å². The predicted molar refractivity (Wildman–Crippen MR) is 398 cm³/mol. The molecule has 9 aromatic rings. The largest absolute Gasteiger partial charge is 0.394 e. The number of hydrogen-bond donors (Lipinski definition) is 12. The van der Waals surface area contributed by atoms with Crippen LogP contribution in [0.15, 0.2) is 70.1 Å². The normalized spacial score (nSPS) is 35.5. The Labute approximate surface area is 655 Å². The summed E-state index contributed by atoms with van der Waals surface area (Å²) in [5, 5.41) is 125. The van der Waals surface area contributed by atoms with Crippen LogP contribution in [0.1, 0.15) is 170 Å². The highest BCUT2D eigenvalue weighted by Gasteiger charge is 2.49. The minimum Gasteiger partial charge on any atom is -0.394 e. The Morgan fingerprint density at radius 3 is 1.09 bits per heavy atom. The van der Waals surface area contributed by atoms with Crippen molar-refractivity contribution in [3.8, 4) is 0 Å². The van der Waals surface area contributed by atoms with E-state index in [0.717, 1.165) is 37.5 Å². The summed E-state index contributed by atoms with van der Waals surface area (Å²) in [4.78, 5) is 26.9. The topological polar surface area (TPSA) is 415 Å². The third kappa shape index (κ3) is 17.5. The van der Waals surface area contributed by atoms with Crippen molar-refractivity contribution in [1.29, 1.82) is 0 Å². The molecule has 6 aromatic heterocycles. The molecule has 0 aliphatic heterocycles. The Morgan fingerprint density at radius 2 is 0.796 bits per heavy atom. The third-order valence-electron chi connectivity index (χ3n) is 18.5. The quantitative estimate of drug-likeness (QED) is 0.0168. The number of nitrogens with one attached hydrogen (secondary N) is 3. The Hall–Kier alpha value is -7.14. The molecule has 6 fully saturated rings. The van der Waals surface area contributed by atoms with E-state index in [4.69, 9.17) is 41.2 Å². The number of hydrogen-bond acceptors (Lipinski definition) is 30. The van der Waals surface area contributed by atoms with Gasteiger partial charge in [-0.25, -0.2) is 57.1 Å². The van der Waals surface area contributed by atoms with Gasteiger partial charge in [0.2, 0.25) is 0 Å². The molecular weight excluding hydrogens is 1460 g/mol. The van der Waals surface area contributed by atoms with Gasteiger partial charge in [-0.15, -0.1) is 15.3 Å². The first kappa shape index (κ1) is 60.6. The molecule has 0 spiro atoms. The summed E-state index contributed by atoms with van der Waals surface area (Å²) in [7, 11) is 0. The van der Waals surface area contributed by atoms with Crippen LogP contribution in [0.2, 0.25) is 0 Å².